The minimum absolute atomic E-state index is 0.0985. The number of nitrogens with one attached hydrogen (secondary N) is 2. The van der Waals surface area contributed by atoms with Crippen molar-refractivity contribution in [3.8, 4) is 0 Å². The third-order valence-corrected chi connectivity index (χ3v) is 2.89. The number of rotatable bonds is 7. The van der Waals surface area contributed by atoms with Crippen molar-refractivity contribution in [3.63, 3.8) is 0 Å². The Morgan fingerprint density at radius 1 is 1.35 bits per heavy atom. The summed E-state index contributed by atoms with van der Waals surface area (Å²) in [7, 11) is 1.29. The quantitative estimate of drug-likeness (QED) is 0.564. The Morgan fingerprint density at radius 2 is 2.15 bits per heavy atom. The first kappa shape index (κ1) is 14.2. The molecule has 1 amide bonds. The van der Waals surface area contributed by atoms with Crippen LogP contribution in [0.3, 0.4) is 0 Å². The molecule has 1 aliphatic rings. The van der Waals surface area contributed by atoms with E-state index in [9.17, 15) is 9.59 Å². The lowest BCUT2D eigenvalue weighted by molar-refractivity contribution is -0.121. The second-order valence-electron chi connectivity index (χ2n) is 4.67. The van der Waals surface area contributed by atoms with Gasteiger partial charge in [-0.3, -0.25) is 4.79 Å². The summed E-state index contributed by atoms with van der Waals surface area (Å²) >= 11 is 0. The summed E-state index contributed by atoms with van der Waals surface area (Å²) in [5.41, 5.74) is 0.168. The van der Waals surface area contributed by atoms with Gasteiger partial charge in [-0.2, -0.15) is 0 Å². The molecule has 0 saturated heterocycles. The first-order chi connectivity index (χ1) is 9.69. The van der Waals surface area contributed by atoms with Crippen molar-refractivity contribution >= 4 is 17.7 Å². The van der Waals surface area contributed by atoms with E-state index in [0.29, 0.717) is 24.8 Å². The number of esters is 1. The predicted octanol–water partition coefficient (Wildman–Crippen LogP) is 0.734. The molecule has 0 spiro atoms. The number of aromatic nitrogens is 2. The van der Waals surface area contributed by atoms with Gasteiger partial charge in [-0.1, -0.05) is 0 Å². The van der Waals surface area contributed by atoms with Crippen LogP contribution in [0.2, 0.25) is 0 Å². The fraction of sp³-hybridized carbons (Fsp3) is 0.538. The van der Waals surface area contributed by atoms with Crippen LogP contribution < -0.4 is 10.6 Å². The van der Waals surface area contributed by atoms with Crippen LogP contribution in [0.5, 0.6) is 0 Å². The van der Waals surface area contributed by atoms with E-state index in [4.69, 9.17) is 0 Å². The van der Waals surface area contributed by atoms with Crippen molar-refractivity contribution in [1.82, 2.24) is 15.5 Å². The monoisotopic (exact) mass is 278 g/mol. The number of nitrogens with zero attached hydrogens (tertiary/aromatic N) is 2. The maximum atomic E-state index is 11.4. The number of hydrogen-bond acceptors (Lipinski definition) is 6. The molecule has 0 unspecified atom stereocenters. The van der Waals surface area contributed by atoms with Crippen LogP contribution in [0.25, 0.3) is 0 Å². The molecule has 20 heavy (non-hydrogen) atoms. The highest BCUT2D eigenvalue weighted by molar-refractivity contribution is 5.86. The number of anilines is 1. The van der Waals surface area contributed by atoms with Crippen LogP contribution >= 0.6 is 0 Å². The zero-order chi connectivity index (χ0) is 14.4. The van der Waals surface area contributed by atoms with Crippen molar-refractivity contribution in [2.75, 3.05) is 19.0 Å². The predicted molar refractivity (Wildman–Crippen MR) is 72.3 cm³/mol. The smallest absolute Gasteiger partial charge is 0.358 e. The first-order valence-corrected chi connectivity index (χ1v) is 6.64. The Morgan fingerprint density at radius 3 is 2.75 bits per heavy atom. The average molecular weight is 278 g/mol. The summed E-state index contributed by atoms with van der Waals surface area (Å²) in [6.07, 6.45) is 3.43. The largest absolute Gasteiger partial charge is 0.464 e. The molecule has 1 fully saturated rings. The lowest BCUT2D eigenvalue weighted by atomic mass is 10.3. The number of carbonyl (C=O) groups excluding carboxylic acids is 2. The molecule has 0 aliphatic heterocycles. The second kappa shape index (κ2) is 6.83. The lowest BCUT2D eigenvalue weighted by Gasteiger charge is -2.05. The molecule has 0 radical (unpaired) electrons. The minimum atomic E-state index is -0.513. The number of carbonyl (C=O) groups is 2. The third kappa shape index (κ3) is 4.49. The Kier molecular flexibility index (Phi) is 4.86. The maximum Gasteiger partial charge on any atom is 0.358 e. The highest BCUT2D eigenvalue weighted by Gasteiger charge is 2.22. The van der Waals surface area contributed by atoms with Gasteiger partial charge in [-0.25, -0.2) is 4.79 Å². The van der Waals surface area contributed by atoms with E-state index in [0.717, 1.165) is 19.3 Å². The lowest BCUT2D eigenvalue weighted by Crippen LogP contribution is -2.25. The number of amides is 1. The third-order valence-electron chi connectivity index (χ3n) is 2.89. The topological polar surface area (TPSA) is 93.2 Å². The molecule has 1 aliphatic carbocycles. The van der Waals surface area contributed by atoms with E-state index in [1.54, 1.807) is 12.1 Å². The summed E-state index contributed by atoms with van der Waals surface area (Å²) in [5, 5.41) is 13.6. The van der Waals surface area contributed by atoms with Gasteiger partial charge in [0.05, 0.1) is 7.11 Å². The van der Waals surface area contributed by atoms with Gasteiger partial charge in [0.15, 0.2) is 5.69 Å². The SMILES string of the molecule is COC(=O)c1ccc(NCCCC(=O)NC2CC2)nn1. The van der Waals surface area contributed by atoms with E-state index < -0.39 is 5.97 Å². The van der Waals surface area contributed by atoms with Crippen molar-refractivity contribution in [3.05, 3.63) is 17.8 Å². The number of methoxy groups -OCH3 is 1. The van der Waals surface area contributed by atoms with Crippen LogP contribution in [0, 0.1) is 0 Å². The van der Waals surface area contributed by atoms with Crippen molar-refractivity contribution in [2.45, 2.75) is 31.7 Å². The summed E-state index contributed by atoms with van der Waals surface area (Å²) in [6.45, 7) is 0.629. The van der Waals surface area contributed by atoms with Crippen LogP contribution in [0.15, 0.2) is 12.1 Å². The highest BCUT2D eigenvalue weighted by atomic mass is 16.5. The van der Waals surface area contributed by atoms with Gasteiger partial charge in [0.2, 0.25) is 5.91 Å². The molecule has 108 valence electrons. The average Bonchev–Trinajstić information content (AvgIpc) is 3.27. The second-order valence-corrected chi connectivity index (χ2v) is 4.67. The van der Waals surface area contributed by atoms with E-state index >= 15 is 0 Å². The highest BCUT2D eigenvalue weighted by Crippen LogP contribution is 2.18. The number of hydrogen-bond donors (Lipinski definition) is 2. The molecule has 1 heterocycles. The maximum absolute atomic E-state index is 11.4. The Labute approximate surface area is 117 Å². The molecule has 7 heteroatoms. The summed E-state index contributed by atoms with van der Waals surface area (Å²) < 4.78 is 4.53. The van der Waals surface area contributed by atoms with Crippen LogP contribution in [0.4, 0.5) is 5.82 Å². The summed E-state index contributed by atoms with van der Waals surface area (Å²) in [4.78, 5) is 22.6. The first-order valence-electron chi connectivity index (χ1n) is 6.64. The zero-order valence-electron chi connectivity index (χ0n) is 11.4. The molecule has 1 saturated carbocycles. The molecule has 7 nitrogen and oxygen atoms in total. The van der Waals surface area contributed by atoms with Crippen LogP contribution in [0.1, 0.15) is 36.2 Å². The van der Waals surface area contributed by atoms with Gasteiger partial charge in [0.1, 0.15) is 5.82 Å². The molecule has 0 aromatic carbocycles. The number of ether oxygens (including phenoxy) is 1. The summed E-state index contributed by atoms with van der Waals surface area (Å²) in [5.74, 6) is 0.155. The standard InChI is InChI=1S/C13H18N4O3/c1-20-13(19)10-6-7-11(17-16-10)14-8-2-3-12(18)15-9-4-5-9/h6-7,9H,2-5,8H2,1H3,(H,14,17)(H,15,18). The van der Waals surface area contributed by atoms with Gasteiger partial charge in [-0.05, 0) is 31.4 Å². The van der Waals surface area contributed by atoms with Crippen molar-refractivity contribution in [2.24, 2.45) is 0 Å². The van der Waals surface area contributed by atoms with Gasteiger partial charge >= 0.3 is 5.97 Å². The Balaban J connectivity index is 1.65. The Bertz CT molecular complexity index is 471. The zero-order valence-corrected chi connectivity index (χ0v) is 11.4. The molecule has 0 bridgehead atoms. The fourth-order valence-electron chi connectivity index (χ4n) is 1.63. The summed E-state index contributed by atoms with van der Waals surface area (Å²) in [6, 6.07) is 3.61. The van der Waals surface area contributed by atoms with Gasteiger partial charge in [-0.15, -0.1) is 10.2 Å². The molecule has 0 atom stereocenters. The van der Waals surface area contributed by atoms with Crippen molar-refractivity contribution < 1.29 is 14.3 Å². The molecule has 1 aromatic rings. The molecule has 1 aromatic heterocycles. The minimum Gasteiger partial charge on any atom is -0.464 e. The van der Waals surface area contributed by atoms with E-state index in [1.807, 2.05) is 0 Å². The normalized spacial score (nSPS) is 13.7. The van der Waals surface area contributed by atoms with E-state index in [2.05, 4.69) is 25.6 Å². The van der Waals surface area contributed by atoms with E-state index in [-0.39, 0.29) is 11.6 Å². The van der Waals surface area contributed by atoms with Crippen molar-refractivity contribution in [1.29, 1.82) is 0 Å². The van der Waals surface area contributed by atoms with Crippen LogP contribution in [-0.2, 0) is 9.53 Å². The molecule has 2 rings (SSSR count). The molecular weight excluding hydrogens is 260 g/mol. The van der Waals surface area contributed by atoms with Gasteiger partial charge in [0, 0.05) is 19.0 Å². The van der Waals surface area contributed by atoms with E-state index in [1.165, 1.54) is 7.11 Å². The molecular formula is C13H18N4O3. The van der Waals surface area contributed by atoms with Gasteiger partial charge < -0.3 is 15.4 Å². The fourth-order valence-corrected chi connectivity index (χ4v) is 1.63. The Hall–Kier alpha value is -2.18. The van der Waals surface area contributed by atoms with Gasteiger partial charge in [0.25, 0.3) is 0 Å². The molecule has 2 N–H and O–H groups in total. The van der Waals surface area contributed by atoms with Crippen LogP contribution in [-0.4, -0.2) is 41.8 Å².